The van der Waals surface area contributed by atoms with E-state index in [-0.39, 0.29) is 23.8 Å². The SMILES string of the molecule is C[C@H](O)C[C@H](CNC(=O)c1ccc(O)cc1F)c1ccccc1. The van der Waals surface area contributed by atoms with Crippen LogP contribution in [0, 0.1) is 5.82 Å². The minimum atomic E-state index is -0.769. The highest BCUT2D eigenvalue weighted by Gasteiger charge is 2.17. The molecule has 0 aliphatic heterocycles. The van der Waals surface area contributed by atoms with Crippen LogP contribution in [-0.2, 0) is 0 Å². The molecule has 0 saturated carbocycles. The Bertz CT molecular complexity index is 659. The second-order valence-electron chi connectivity index (χ2n) is 5.57. The number of nitrogens with one attached hydrogen (secondary N) is 1. The monoisotopic (exact) mass is 317 g/mol. The molecule has 0 fully saturated rings. The number of aromatic hydroxyl groups is 1. The molecule has 0 radical (unpaired) electrons. The molecule has 0 spiro atoms. The van der Waals surface area contributed by atoms with Crippen LogP contribution in [0.2, 0.25) is 0 Å². The first-order chi connectivity index (χ1) is 11.0. The van der Waals surface area contributed by atoms with E-state index in [9.17, 15) is 19.4 Å². The van der Waals surface area contributed by atoms with E-state index in [1.165, 1.54) is 12.1 Å². The number of halogens is 1. The molecular weight excluding hydrogens is 297 g/mol. The van der Waals surface area contributed by atoms with Crippen molar-refractivity contribution in [3.63, 3.8) is 0 Å². The van der Waals surface area contributed by atoms with Crippen LogP contribution in [0.15, 0.2) is 48.5 Å². The molecule has 3 N–H and O–H groups in total. The molecule has 5 heteroatoms. The van der Waals surface area contributed by atoms with Crippen LogP contribution in [0.25, 0.3) is 0 Å². The molecule has 122 valence electrons. The zero-order valence-electron chi connectivity index (χ0n) is 12.9. The predicted molar refractivity (Wildman–Crippen MR) is 85.9 cm³/mol. The number of aliphatic hydroxyl groups is 1. The summed E-state index contributed by atoms with van der Waals surface area (Å²) in [5, 5.41) is 21.5. The van der Waals surface area contributed by atoms with E-state index >= 15 is 0 Å². The molecule has 2 aromatic rings. The summed E-state index contributed by atoms with van der Waals surface area (Å²) in [5.41, 5.74) is 0.881. The van der Waals surface area contributed by atoms with Crippen molar-refractivity contribution in [2.24, 2.45) is 0 Å². The number of amides is 1. The highest BCUT2D eigenvalue weighted by molar-refractivity contribution is 5.94. The largest absolute Gasteiger partial charge is 0.508 e. The molecule has 0 unspecified atom stereocenters. The van der Waals surface area contributed by atoms with Crippen molar-refractivity contribution >= 4 is 5.91 Å². The van der Waals surface area contributed by atoms with Crippen molar-refractivity contribution in [1.82, 2.24) is 5.32 Å². The number of carbonyl (C=O) groups is 1. The Morgan fingerprint density at radius 3 is 2.52 bits per heavy atom. The van der Waals surface area contributed by atoms with Gasteiger partial charge in [0.05, 0.1) is 11.7 Å². The highest BCUT2D eigenvalue weighted by atomic mass is 19.1. The zero-order valence-corrected chi connectivity index (χ0v) is 12.9. The summed E-state index contributed by atoms with van der Waals surface area (Å²) < 4.78 is 13.7. The van der Waals surface area contributed by atoms with Gasteiger partial charge in [-0.05, 0) is 31.0 Å². The molecule has 0 aliphatic rings. The molecule has 0 aromatic heterocycles. The molecule has 2 rings (SSSR count). The fourth-order valence-electron chi connectivity index (χ4n) is 2.47. The average molecular weight is 317 g/mol. The van der Waals surface area contributed by atoms with Crippen LogP contribution in [0.5, 0.6) is 5.75 Å². The van der Waals surface area contributed by atoms with Crippen molar-refractivity contribution in [2.75, 3.05) is 6.54 Å². The third-order valence-electron chi connectivity index (χ3n) is 3.60. The maximum atomic E-state index is 13.7. The Morgan fingerprint density at radius 1 is 1.22 bits per heavy atom. The fraction of sp³-hybridized carbons (Fsp3) is 0.278. The van der Waals surface area contributed by atoms with Gasteiger partial charge in [-0.25, -0.2) is 4.39 Å². The molecule has 4 nitrogen and oxygen atoms in total. The Labute approximate surface area is 134 Å². The van der Waals surface area contributed by atoms with Gasteiger partial charge < -0.3 is 15.5 Å². The molecule has 0 aliphatic carbocycles. The van der Waals surface area contributed by atoms with Crippen molar-refractivity contribution < 1.29 is 19.4 Å². The number of hydrogen-bond donors (Lipinski definition) is 3. The minimum absolute atomic E-state index is 0.0691. The first-order valence-electron chi connectivity index (χ1n) is 7.47. The number of carbonyl (C=O) groups excluding carboxylic acids is 1. The van der Waals surface area contributed by atoms with Crippen molar-refractivity contribution in [3.8, 4) is 5.75 Å². The molecule has 2 atom stereocenters. The van der Waals surface area contributed by atoms with Crippen molar-refractivity contribution in [3.05, 3.63) is 65.5 Å². The van der Waals surface area contributed by atoms with Gasteiger partial charge in [-0.2, -0.15) is 0 Å². The molecule has 23 heavy (non-hydrogen) atoms. The van der Waals surface area contributed by atoms with E-state index < -0.39 is 17.8 Å². The second kappa shape index (κ2) is 7.74. The van der Waals surface area contributed by atoms with Gasteiger partial charge in [-0.15, -0.1) is 0 Å². The van der Waals surface area contributed by atoms with Gasteiger partial charge in [0.15, 0.2) is 0 Å². The zero-order chi connectivity index (χ0) is 16.8. The van der Waals surface area contributed by atoms with Crippen molar-refractivity contribution in [1.29, 1.82) is 0 Å². The van der Waals surface area contributed by atoms with Gasteiger partial charge in [0.2, 0.25) is 0 Å². The predicted octanol–water partition coefficient (Wildman–Crippen LogP) is 2.82. The summed E-state index contributed by atoms with van der Waals surface area (Å²) in [6, 6.07) is 13.0. The van der Waals surface area contributed by atoms with E-state index in [0.717, 1.165) is 11.6 Å². The van der Waals surface area contributed by atoms with Gasteiger partial charge in [0.25, 0.3) is 5.91 Å². The lowest BCUT2D eigenvalue weighted by molar-refractivity contribution is 0.0941. The van der Waals surface area contributed by atoms with Gasteiger partial charge >= 0.3 is 0 Å². The Kier molecular flexibility index (Phi) is 5.71. The lowest BCUT2D eigenvalue weighted by Crippen LogP contribution is -2.30. The van der Waals surface area contributed by atoms with Crippen LogP contribution in [0.4, 0.5) is 4.39 Å². The minimum Gasteiger partial charge on any atom is -0.508 e. The molecule has 0 bridgehead atoms. The van der Waals surface area contributed by atoms with Crippen LogP contribution in [0.3, 0.4) is 0 Å². The van der Waals surface area contributed by atoms with Gasteiger partial charge in [-0.3, -0.25) is 4.79 Å². The van der Waals surface area contributed by atoms with E-state index in [0.29, 0.717) is 6.42 Å². The van der Waals surface area contributed by atoms with Crippen LogP contribution < -0.4 is 5.32 Å². The van der Waals surface area contributed by atoms with Gasteiger partial charge in [0, 0.05) is 18.5 Å². The molecule has 0 heterocycles. The summed E-state index contributed by atoms with van der Waals surface area (Å²) in [5.74, 6) is -1.61. The maximum absolute atomic E-state index is 13.7. The number of phenolic OH excluding ortho intramolecular Hbond substituents is 1. The second-order valence-corrected chi connectivity index (χ2v) is 5.57. The first-order valence-corrected chi connectivity index (χ1v) is 7.47. The molecule has 1 amide bonds. The van der Waals surface area contributed by atoms with E-state index in [1.54, 1.807) is 6.92 Å². The quantitative estimate of drug-likeness (QED) is 0.767. The summed E-state index contributed by atoms with van der Waals surface area (Å²) in [7, 11) is 0. The molecule has 0 saturated heterocycles. The number of aliphatic hydroxyl groups excluding tert-OH is 1. The maximum Gasteiger partial charge on any atom is 0.254 e. The van der Waals surface area contributed by atoms with Gasteiger partial charge in [-0.1, -0.05) is 30.3 Å². The standard InChI is InChI=1S/C18H20FNO3/c1-12(21)9-14(13-5-3-2-4-6-13)11-20-18(23)16-8-7-15(22)10-17(16)19/h2-8,10,12,14,21-22H,9,11H2,1H3,(H,20,23)/t12-,14+/m0/s1. The molecule has 2 aromatic carbocycles. The number of hydrogen-bond acceptors (Lipinski definition) is 3. The van der Waals surface area contributed by atoms with Crippen molar-refractivity contribution in [2.45, 2.75) is 25.4 Å². The van der Waals surface area contributed by atoms with Crippen LogP contribution >= 0.6 is 0 Å². The summed E-state index contributed by atoms with van der Waals surface area (Å²) in [6.45, 7) is 1.98. The number of rotatable bonds is 6. The average Bonchev–Trinajstić information content (AvgIpc) is 2.51. The van der Waals surface area contributed by atoms with E-state index in [2.05, 4.69) is 5.32 Å². The summed E-state index contributed by atoms with van der Waals surface area (Å²) in [6.07, 6.45) is -0.0231. The lowest BCUT2D eigenvalue weighted by atomic mass is 9.93. The fourth-order valence-corrected chi connectivity index (χ4v) is 2.47. The first kappa shape index (κ1) is 17.0. The van der Waals surface area contributed by atoms with Gasteiger partial charge in [0.1, 0.15) is 11.6 Å². The Morgan fingerprint density at radius 2 is 1.91 bits per heavy atom. The summed E-state index contributed by atoms with van der Waals surface area (Å²) in [4.78, 5) is 12.1. The highest BCUT2D eigenvalue weighted by Crippen LogP contribution is 2.21. The topological polar surface area (TPSA) is 69.6 Å². The normalized spacial score (nSPS) is 13.3. The van der Waals surface area contributed by atoms with E-state index in [1.807, 2.05) is 30.3 Å². The summed E-state index contributed by atoms with van der Waals surface area (Å²) >= 11 is 0. The third kappa shape index (κ3) is 4.79. The Hall–Kier alpha value is -2.40. The lowest BCUT2D eigenvalue weighted by Gasteiger charge is -2.19. The number of phenols is 1. The Balaban J connectivity index is 2.07. The number of benzene rings is 2. The molecular formula is C18H20FNO3. The third-order valence-corrected chi connectivity index (χ3v) is 3.60. The smallest absolute Gasteiger partial charge is 0.254 e. The van der Waals surface area contributed by atoms with Crippen LogP contribution in [0.1, 0.15) is 35.2 Å². The van der Waals surface area contributed by atoms with Crippen LogP contribution in [-0.4, -0.2) is 28.8 Å². The van der Waals surface area contributed by atoms with E-state index in [4.69, 9.17) is 0 Å².